The summed E-state index contributed by atoms with van der Waals surface area (Å²) in [7, 11) is 2.17. The first-order valence-electron chi connectivity index (χ1n) is 8.24. The molecule has 2 aliphatic heterocycles. The molecular formula is C16H32N2O2. The molecule has 0 aromatic rings. The molecule has 0 spiro atoms. The maximum atomic E-state index is 6.13. The SMILES string of the molecule is CC(C)O[C@@H]1CCN(CCC(C)O[C@H]2CCN(C)C2)C1. The van der Waals surface area contributed by atoms with Crippen LogP contribution in [0.1, 0.15) is 40.0 Å². The van der Waals surface area contributed by atoms with Crippen molar-refractivity contribution in [3.05, 3.63) is 0 Å². The second kappa shape index (κ2) is 7.74. The molecule has 0 bridgehead atoms. The summed E-state index contributed by atoms with van der Waals surface area (Å²) >= 11 is 0. The molecule has 0 saturated carbocycles. The summed E-state index contributed by atoms with van der Waals surface area (Å²) in [6.07, 6.45) is 5.11. The maximum Gasteiger partial charge on any atom is 0.0717 e. The quantitative estimate of drug-likeness (QED) is 0.714. The fourth-order valence-corrected chi connectivity index (χ4v) is 3.26. The normalized spacial score (nSPS) is 30.4. The molecule has 0 aliphatic carbocycles. The molecule has 0 N–H and O–H groups in total. The number of hydrogen-bond acceptors (Lipinski definition) is 4. The Balaban J connectivity index is 1.58. The van der Waals surface area contributed by atoms with Crippen LogP contribution in [0, 0.1) is 0 Å². The first kappa shape index (κ1) is 16.2. The predicted molar refractivity (Wildman–Crippen MR) is 82.1 cm³/mol. The van der Waals surface area contributed by atoms with Crippen molar-refractivity contribution in [3.63, 3.8) is 0 Å². The molecule has 0 aromatic heterocycles. The van der Waals surface area contributed by atoms with Gasteiger partial charge in [0.15, 0.2) is 0 Å². The first-order valence-corrected chi connectivity index (χ1v) is 8.24. The van der Waals surface area contributed by atoms with Crippen molar-refractivity contribution in [2.45, 2.75) is 64.4 Å². The van der Waals surface area contributed by atoms with Gasteiger partial charge in [-0.25, -0.2) is 0 Å². The van der Waals surface area contributed by atoms with E-state index < -0.39 is 0 Å². The highest BCUT2D eigenvalue weighted by atomic mass is 16.5. The molecule has 4 heteroatoms. The van der Waals surface area contributed by atoms with Crippen LogP contribution in [0.2, 0.25) is 0 Å². The topological polar surface area (TPSA) is 24.9 Å². The van der Waals surface area contributed by atoms with E-state index in [1.54, 1.807) is 0 Å². The van der Waals surface area contributed by atoms with Crippen molar-refractivity contribution in [3.8, 4) is 0 Å². The Morgan fingerprint density at radius 1 is 1.00 bits per heavy atom. The predicted octanol–water partition coefficient (Wildman–Crippen LogP) is 1.99. The molecule has 4 nitrogen and oxygen atoms in total. The van der Waals surface area contributed by atoms with E-state index in [1.807, 2.05) is 0 Å². The molecule has 2 heterocycles. The molecule has 3 atom stereocenters. The van der Waals surface area contributed by atoms with E-state index in [2.05, 4.69) is 37.6 Å². The molecule has 2 saturated heterocycles. The number of nitrogens with zero attached hydrogens (tertiary/aromatic N) is 2. The largest absolute Gasteiger partial charge is 0.374 e. The highest BCUT2D eigenvalue weighted by molar-refractivity contribution is 4.78. The van der Waals surface area contributed by atoms with E-state index in [4.69, 9.17) is 9.47 Å². The van der Waals surface area contributed by atoms with Crippen LogP contribution in [0.25, 0.3) is 0 Å². The minimum atomic E-state index is 0.349. The second-order valence-corrected chi connectivity index (χ2v) is 6.80. The van der Waals surface area contributed by atoms with Crippen LogP contribution >= 0.6 is 0 Å². The lowest BCUT2D eigenvalue weighted by molar-refractivity contribution is -0.00615. The summed E-state index contributed by atoms with van der Waals surface area (Å²) in [5.41, 5.74) is 0. The zero-order valence-corrected chi connectivity index (χ0v) is 13.7. The van der Waals surface area contributed by atoms with Crippen LogP contribution in [0.4, 0.5) is 0 Å². The van der Waals surface area contributed by atoms with Crippen molar-refractivity contribution in [1.29, 1.82) is 0 Å². The lowest BCUT2D eigenvalue weighted by atomic mass is 10.2. The maximum absolute atomic E-state index is 6.13. The van der Waals surface area contributed by atoms with Gasteiger partial charge in [-0.1, -0.05) is 0 Å². The van der Waals surface area contributed by atoms with Gasteiger partial charge in [0.1, 0.15) is 0 Å². The third-order valence-electron chi connectivity index (χ3n) is 4.32. The molecule has 0 amide bonds. The molecule has 2 fully saturated rings. The van der Waals surface area contributed by atoms with Crippen molar-refractivity contribution < 1.29 is 9.47 Å². The highest BCUT2D eigenvalue weighted by Gasteiger charge is 2.25. The van der Waals surface area contributed by atoms with Gasteiger partial charge in [-0.3, -0.25) is 0 Å². The zero-order chi connectivity index (χ0) is 14.5. The number of likely N-dealkylation sites (tertiary alicyclic amines) is 2. The Kier molecular flexibility index (Phi) is 6.27. The van der Waals surface area contributed by atoms with E-state index in [9.17, 15) is 0 Å². The van der Waals surface area contributed by atoms with Crippen molar-refractivity contribution >= 4 is 0 Å². The fourth-order valence-electron chi connectivity index (χ4n) is 3.26. The third-order valence-corrected chi connectivity index (χ3v) is 4.32. The van der Waals surface area contributed by atoms with Gasteiger partial charge in [0.25, 0.3) is 0 Å². The molecule has 0 aromatic carbocycles. The molecular weight excluding hydrogens is 252 g/mol. The average Bonchev–Trinajstić information content (AvgIpc) is 2.96. The van der Waals surface area contributed by atoms with Gasteiger partial charge in [-0.15, -0.1) is 0 Å². The minimum Gasteiger partial charge on any atom is -0.374 e. The lowest BCUT2D eigenvalue weighted by Crippen LogP contribution is -2.29. The van der Waals surface area contributed by atoms with E-state index in [1.165, 1.54) is 25.9 Å². The van der Waals surface area contributed by atoms with Gasteiger partial charge >= 0.3 is 0 Å². The smallest absolute Gasteiger partial charge is 0.0717 e. The summed E-state index contributed by atoms with van der Waals surface area (Å²) in [6.45, 7) is 12.1. The van der Waals surface area contributed by atoms with E-state index in [-0.39, 0.29) is 0 Å². The number of rotatable bonds is 7. The summed E-state index contributed by atoms with van der Waals surface area (Å²) in [4.78, 5) is 4.87. The van der Waals surface area contributed by atoms with Crippen LogP contribution in [-0.4, -0.2) is 74.0 Å². The molecule has 1 unspecified atom stereocenters. The van der Waals surface area contributed by atoms with E-state index in [0.29, 0.717) is 24.4 Å². The first-order chi connectivity index (χ1) is 9.52. The monoisotopic (exact) mass is 284 g/mol. The van der Waals surface area contributed by atoms with Gasteiger partial charge in [0, 0.05) is 32.7 Å². The summed E-state index contributed by atoms with van der Waals surface area (Å²) in [5.74, 6) is 0. The van der Waals surface area contributed by atoms with Gasteiger partial charge in [0.2, 0.25) is 0 Å². The Morgan fingerprint density at radius 2 is 1.70 bits per heavy atom. The van der Waals surface area contributed by atoms with Crippen molar-refractivity contribution in [1.82, 2.24) is 9.80 Å². The van der Waals surface area contributed by atoms with Gasteiger partial charge < -0.3 is 19.3 Å². The molecule has 20 heavy (non-hydrogen) atoms. The van der Waals surface area contributed by atoms with Gasteiger partial charge in [0.05, 0.1) is 24.4 Å². The van der Waals surface area contributed by atoms with Crippen LogP contribution < -0.4 is 0 Å². The fraction of sp³-hybridized carbons (Fsp3) is 1.00. The third kappa shape index (κ3) is 5.32. The zero-order valence-electron chi connectivity index (χ0n) is 13.7. The van der Waals surface area contributed by atoms with Crippen LogP contribution in [0.3, 0.4) is 0 Å². The van der Waals surface area contributed by atoms with Crippen LogP contribution in [0.5, 0.6) is 0 Å². The molecule has 2 rings (SSSR count). The van der Waals surface area contributed by atoms with Crippen LogP contribution in [0.15, 0.2) is 0 Å². The number of hydrogen-bond donors (Lipinski definition) is 0. The summed E-state index contributed by atoms with van der Waals surface area (Å²) in [5, 5.41) is 0. The van der Waals surface area contributed by atoms with Crippen molar-refractivity contribution in [2.75, 3.05) is 39.8 Å². The van der Waals surface area contributed by atoms with Gasteiger partial charge in [-0.05, 0) is 47.1 Å². The van der Waals surface area contributed by atoms with Gasteiger partial charge in [-0.2, -0.15) is 0 Å². The number of ether oxygens (including phenoxy) is 2. The number of likely N-dealkylation sites (N-methyl/N-ethyl adjacent to an activating group) is 1. The summed E-state index contributed by atoms with van der Waals surface area (Å²) < 4.78 is 12.0. The van der Waals surface area contributed by atoms with Crippen LogP contribution in [-0.2, 0) is 9.47 Å². The summed E-state index contributed by atoms with van der Waals surface area (Å²) in [6, 6.07) is 0. The Morgan fingerprint density at radius 3 is 2.35 bits per heavy atom. The molecule has 0 radical (unpaired) electrons. The molecule has 118 valence electrons. The van der Waals surface area contributed by atoms with Crippen molar-refractivity contribution in [2.24, 2.45) is 0 Å². The Hall–Kier alpha value is -0.160. The Bertz CT molecular complexity index is 286. The minimum absolute atomic E-state index is 0.349. The molecule has 2 aliphatic rings. The van der Waals surface area contributed by atoms with E-state index >= 15 is 0 Å². The second-order valence-electron chi connectivity index (χ2n) is 6.80. The highest BCUT2D eigenvalue weighted by Crippen LogP contribution is 2.17. The Labute approximate surface area is 124 Å². The lowest BCUT2D eigenvalue weighted by Gasteiger charge is -2.22. The average molecular weight is 284 g/mol. The van der Waals surface area contributed by atoms with E-state index in [0.717, 1.165) is 26.1 Å². The standard InChI is InChI=1S/C16H32N2O2/c1-13(2)19-16-7-10-18(12-16)9-5-14(3)20-15-6-8-17(4)11-15/h13-16H,5-12H2,1-4H3/t14?,15-,16+/m0/s1.